The molecule has 116 valence electrons. The zero-order valence-electron chi connectivity index (χ0n) is 12.0. The molecule has 2 atom stereocenters. The van der Waals surface area contributed by atoms with Crippen molar-refractivity contribution in [2.75, 3.05) is 13.6 Å². The Morgan fingerprint density at radius 3 is 3.00 bits per heavy atom. The highest BCUT2D eigenvalue weighted by Crippen LogP contribution is 2.32. The van der Waals surface area contributed by atoms with Crippen molar-refractivity contribution < 1.29 is 9.18 Å². The number of nitrogens with zero attached hydrogens (tertiary/aromatic N) is 2. The maximum atomic E-state index is 13.7. The lowest BCUT2D eigenvalue weighted by molar-refractivity contribution is 0.0922. The number of benzene rings is 1. The monoisotopic (exact) mass is 322 g/mol. The minimum atomic E-state index is -0.446. The van der Waals surface area contributed by atoms with Gasteiger partial charge in [-0.2, -0.15) is 5.10 Å². The number of aromatic amines is 1. The fourth-order valence-corrected chi connectivity index (χ4v) is 3.03. The molecule has 0 radical (unpaired) electrons. The van der Waals surface area contributed by atoms with E-state index in [1.807, 2.05) is 7.05 Å². The molecule has 7 heteroatoms. The third-order valence-electron chi connectivity index (χ3n) is 4.00. The summed E-state index contributed by atoms with van der Waals surface area (Å²) in [6.07, 6.45) is 2.33. The van der Waals surface area contributed by atoms with Crippen molar-refractivity contribution in [2.45, 2.75) is 18.5 Å². The van der Waals surface area contributed by atoms with Crippen LogP contribution in [0.3, 0.4) is 0 Å². The molecule has 3 rings (SSSR count). The second kappa shape index (κ2) is 6.06. The van der Waals surface area contributed by atoms with Gasteiger partial charge in [-0.05, 0) is 37.2 Å². The fourth-order valence-electron chi connectivity index (χ4n) is 2.91. The third-order valence-corrected chi connectivity index (χ3v) is 4.30. The number of halogens is 2. The molecule has 5 nitrogen and oxygen atoms in total. The van der Waals surface area contributed by atoms with E-state index >= 15 is 0 Å². The Morgan fingerprint density at radius 2 is 2.32 bits per heavy atom. The highest BCUT2D eigenvalue weighted by atomic mass is 35.5. The number of likely N-dealkylation sites (N-methyl/N-ethyl adjacent to an activating group) is 1. The number of likely N-dealkylation sites (tertiary alicyclic amines) is 1. The van der Waals surface area contributed by atoms with Crippen LogP contribution in [0.4, 0.5) is 4.39 Å². The summed E-state index contributed by atoms with van der Waals surface area (Å²) < 4.78 is 13.7. The van der Waals surface area contributed by atoms with Crippen LogP contribution in [0.2, 0.25) is 5.02 Å². The molecular weight excluding hydrogens is 307 g/mol. The van der Waals surface area contributed by atoms with Crippen molar-refractivity contribution in [3.8, 4) is 0 Å². The standard InChI is InChI=1S/C15H16ClFN4O/c1-21-7-5-12(19-15(22)13-4-6-18-20-13)14(21)9-2-3-10(16)11(17)8-9/h2-4,6,8,12,14H,5,7H2,1H3,(H,18,20)(H,19,22)/t12-,14-/m0/s1. The molecule has 1 aromatic heterocycles. The summed E-state index contributed by atoms with van der Waals surface area (Å²) in [5.41, 5.74) is 1.22. The van der Waals surface area contributed by atoms with Crippen molar-refractivity contribution in [1.82, 2.24) is 20.4 Å². The maximum Gasteiger partial charge on any atom is 0.269 e. The first-order valence-electron chi connectivity index (χ1n) is 7.01. The van der Waals surface area contributed by atoms with Gasteiger partial charge in [-0.1, -0.05) is 17.7 Å². The van der Waals surface area contributed by atoms with Gasteiger partial charge in [0.05, 0.1) is 17.1 Å². The SMILES string of the molecule is CN1CC[C@H](NC(=O)c2ccn[nH]2)[C@@H]1c1ccc(Cl)c(F)c1. The van der Waals surface area contributed by atoms with E-state index in [-0.39, 0.29) is 23.0 Å². The van der Waals surface area contributed by atoms with Crippen molar-refractivity contribution in [3.63, 3.8) is 0 Å². The first kappa shape index (κ1) is 15.0. The summed E-state index contributed by atoms with van der Waals surface area (Å²) in [5, 5.41) is 9.50. The zero-order valence-corrected chi connectivity index (χ0v) is 12.8. The Kier molecular flexibility index (Phi) is 4.13. The molecule has 1 aromatic carbocycles. The molecule has 1 amide bonds. The van der Waals surface area contributed by atoms with Gasteiger partial charge in [0.2, 0.25) is 0 Å². The molecule has 0 unspecified atom stereocenters. The molecule has 0 saturated carbocycles. The summed E-state index contributed by atoms with van der Waals surface area (Å²) in [6.45, 7) is 0.822. The predicted molar refractivity (Wildman–Crippen MR) is 81.2 cm³/mol. The van der Waals surface area contributed by atoms with Gasteiger partial charge < -0.3 is 5.32 Å². The van der Waals surface area contributed by atoms with Gasteiger partial charge in [0, 0.05) is 12.7 Å². The van der Waals surface area contributed by atoms with Gasteiger partial charge >= 0.3 is 0 Å². The summed E-state index contributed by atoms with van der Waals surface area (Å²) in [6, 6.07) is 6.22. The normalized spacial score (nSPS) is 22.0. The van der Waals surface area contributed by atoms with Crippen LogP contribution in [0.25, 0.3) is 0 Å². The van der Waals surface area contributed by atoms with E-state index in [0.717, 1.165) is 18.5 Å². The Hall–Kier alpha value is -1.92. The number of amides is 1. The molecular formula is C15H16ClFN4O. The smallest absolute Gasteiger partial charge is 0.269 e. The lowest BCUT2D eigenvalue weighted by atomic mass is 10.00. The molecule has 1 aliphatic rings. The van der Waals surface area contributed by atoms with Gasteiger partial charge in [-0.3, -0.25) is 14.8 Å². The van der Waals surface area contributed by atoms with Crippen LogP contribution in [0.15, 0.2) is 30.5 Å². The summed E-state index contributed by atoms with van der Waals surface area (Å²) in [4.78, 5) is 14.3. The molecule has 0 aliphatic carbocycles. The van der Waals surface area contributed by atoms with Crippen molar-refractivity contribution >= 4 is 17.5 Å². The van der Waals surface area contributed by atoms with Gasteiger partial charge in [-0.25, -0.2) is 4.39 Å². The van der Waals surface area contributed by atoms with Crippen LogP contribution in [-0.4, -0.2) is 40.6 Å². The average molecular weight is 323 g/mol. The highest BCUT2D eigenvalue weighted by Gasteiger charge is 2.34. The van der Waals surface area contributed by atoms with Gasteiger partial charge in [0.1, 0.15) is 11.5 Å². The topological polar surface area (TPSA) is 61.0 Å². The molecule has 2 heterocycles. The molecule has 1 saturated heterocycles. The van der Waals surface area contributed by atoms with E-state index < -0.39 is 5.82 Å². The largest absolute Gasteiger partial charge is 0.346 e. The quantitative estimate of drug-likeness (QED) is 0.912. The number of hydrogen-bond acceptors (Lipinski definition) is 3. The molecule has 1 fully saturated rings. The third kappa shape index (κ3) is 2.84. The Labute approximate surface area is 132 Å². The highest BCUT2D eigenvalue weighted by molar-refractivity contribution is 6.30. The summed E-state index contributed by atoms with van der Waals surface area (Å²) in [7, 11) is 1.96. The van der Waals surface area contributed by atoms with Crippen molar-refractivity contribution in [1.29, 1.82) is 0 Å². The van der Waals surface area contributed by atoms with E-state index in [2.05, 4.69) is 20.4 Å². The van der Waals surface area contributed by atoms with Gasteiger partial charge in [-0.15, -0.1) is 0 Å². The molecule has 2 aromatic rings. The number of hydrogen-bond donors (Lipinski definition) is 2. The van der Waals surface area contributed by atoms with Crippen LogP contribution >= 0.6 is 11.6 Å². The molecule has 1 aliphatic heterocycles. The van der Waals surface area contributed by atoms with E-state index in [4.69, 9.17) is 11.6 Å². The molecule has 2 N–H and O–H groups in total. The van der Waals surface area contributed by atoms with E-state index in [1.165, 1.54) is 12.3 Å². The van der Waals surface area contributed by atoms with E-state index in [1.54, 1.807) is 18.2 Å². The number of nitrogens with one attached hydrogen (secondary N) is 2. The number of carbonyl (C=O) groups is 1. The second-order valence-corrected chi connectivity index (χ2v) is 5.85. The molecule has 0 spiro atoms. The van der Waals surface area contributed by atoms with Crippen LogP contribution in [0.1, 0.15) is 28.5 Å². The van der Waals surface area contributed by atoms with Gasteiger partial charge in [0.25, 0.3) is 5.91 Å². The minimum Gasteiger partial charge on any atom is -0.346 e. The maximum absolute atomic E-state index is 13.7. The van der Waals surface area contributed by atoms with E-state index in [9.17, 15) is 9.18 Å². The second-order valence-electron chi connectivity index (χ2n) is 5.44. The zero-order chi connectivity index (χ0) is 15.7. The number of aromatic nitrogens is 2. The first-order chi connectivity index (χ1) is 10.6. The minimum absolute atomic E-state index is 0.0846. The predicted octanol–water partition coefficient (Wildman–Crippen LogP) is 2.38. The lowest BCUT2D eigenvalue weighted by Crippen LogP contribution is -2.39. The van der Waals surface area contributed by atoms with Crippen LogP contribution in [-0.2, 0) is 0 Å². The Balaban J connectivity index is 1.81. The molecule has 22 heavy (non-hydrogen) atoms. The average Bonchev–Trinajstić information content (AvgIpc) is 3.13. The van der Waals surface area contributed by atoms with Gasteiger partial charge in [0.15, 0.2) is 0 Å². The number of H-pyrrole nitrogens is 1. The van der Waals surface area contributed by atoms with Crippen LogP contribution in [0.5, 0.6) is 0 Å². The summed E-state index contributed by atoms with van der Waals surface area (Å²) in [5.74, 6) is -0.657. The molecule has 0 bridgehead atoms. The number of carbonyl (C=O) groups excluding carboxylic acids is 1. The fraction of sp³-hybridized carbons (Fsp3) is 0.333. The number of rotatable bonds is 3. The van der Waals surface area contributed by atoms with Crippen molar-refractivity contribution in [3.05, 3.63) is 52.6 Å². The van der Waals surface area contributed by atoms with Crippen molar-refractivity contribution in [2.24, 2.45) is 0 Å². The Morgan fingerprint density at radius 1 is 1.50 bits per heavy atom. The van der Waals surface area contributed by atoms with E-state index in [0.29, 0.717) is 5.69 Å². The Bertz CT molecular complexity index is 676. The van der Waals surface area contributed by atoms with Crippen LogP contribution in [0, 0.1) is 5.82 Å². The first-order valence-corrected chi connectivity index (χ1v) is 7.39. The van der Waals surface area contributed by atoms with Crippen LogP contribution < -0.4 is 5.32 Å². The summed E-state index contributed by atoms with van der Waals surface area (Å²) >= 11 is 5.74. The lowest BCUT2D eigenvalue weighted by Gasteiger charge is -2.26.